The summed E-state index contributed by atoms with van der Waals surface area (Å²) in [4.78, 5) is 2.66. The largest absolute Gasteiger partial charge is 0.299 e. The second-order valence-electron chi connectivity index (χ2n) is 7.36. The zero-order valence-corrected chi connectivity index (χ0v) is 16.6. The van der Waals surface area contributed by atoms with E-state index in [4.69, 9.17) is 11.6 Å². The van der Waals surface area contributed by atoms with Crippen LogP contribution in [0.15, 0.2) is 47.4 Å². The monoisotopic (exact) mass is 390 g/mol. The van der Waals surface area contributed by atoms with Crippen molar-refractivity contribution in [1.29, 1.82) is 0 Å². The number of nitrogens with zero attached hydrogens (tertiary/aromatic N) is 2. The summed E-state index contributed by atoms with van der Waals surface area (Å²) in [6.45, 7) is 3.49. The minimum absolute atomic E-state index is 0.224. The lowest BCUT2D eigenvalue weighted by Crippen LogP contribution is -2.32. The average molecular weight is 391 g/mol. The standard InChI is InChI=1S/C20H23ClN2O2S/c1-14-3-6-17(7-4-14)26(24,25)23-12-10-15-9-11-22(2)20(15)18-13-16(21)5-8-19(18)23/h3-8,13,15,20H,9-12H2,1-2H3. The molecule has 1 fully saturated rings. The molecule has 0 spiro atoms. The van der Waals surface area contributed by atoms with Gasteiger partial charge in [0.25, 0.3) is 10.0 Å². The molecule has 2 unspecified atom stereocenters. The van der Waals surface area contributed by atoms with Crippen molar-refractivity contribution < 1.29 is 8.42 Å². The molecule has 2 heterocycles. The van der Waals surface area contributed by atoms with Gasteiger partial charge in [0.1, 0.15) is 0 Å². The number of aryl methyl sites for hydroxylation is 1. The van der Waals surface area contributed by atoms with Crippen LogP contribution in [0.25, 0.3) is 0 Å². The van der Waals surface area contributed by atoms with E-state index in [1.54, 1.807) is 22.5 Å². The van der Waals surface area contributed by atoms with E-state index in [2.05, 4.69) is 11.9 Å². The summed E-state index contributed by atoms with van der Waals surface area (Å²) >= 11 is 6.28. The van der Waals surface area contributed by atoms with Gasteiger partial charge in [0, 0.05) is 17.6 Å². The summed E-state index contributed by atoms with van der Waals surface area (Å²) in [6, 6.07) is 12.9. The molecule has 26 heavy (non-hydrogen) atoms. The molecule has 2 aliphatic rings. The molecule has 0 saturated carbocycles. The molecule has 0 aliphatic carbocycles. The Hall–Kier alpha value is -1.56. The number of hydrogen-bond acceptors (Lipinski definition) is 3. The Labute approximate surface area is 160 Å². The van der Waals surface area contributed by atoms with Gasteiger partial charge >= 0.3 is 0 Å². The normalized spacial score (nSPS) is 23.4. The Balaban J connectivity index is 1.85. The summed E-state index contributed by atoms with van der Waals surface area (Å²) in [7, 11) is -1.49. The first-order valence-corrected chi connectivity index (χ1v) is 10.8. The molecule has 0 amide bonds. The van der Waals surface area contributed by atoms with E-state index in [1.807, 2.05) is 31.2 Å². The van der Waals surface area contributed by atoms with Crippen molar-refractivity contribution >= 4 is 27.3 Å². The predicted octanol–water partition coefficient (Wildman–Crippen LogP) is 4.24. The maximum Gasteiger partial charge on any atom is 0.264 e. The van der Waals surface area contributed by atoms with Crippen LogP contribution in [-0.2, 0) is 10.0 Å². The number of benzene rings is 2. The highest BCUT2D eigenvalue weighted by atomic mass is 35.5. The molecule has 0 aromatic heterocycles. The third-order valence-corrected chi connectivity index (χ3v) is 7.73. The molecule has 0 N–H and O–H groups in total. The zero-order chi connectivity index (χ0) is 18.5. The molecular weight excluding hydrogens is 368 g/mol. The van der Waals surface area contributed by atoms with E-state index in [0.29, 0.717) is 22.4 Å². The topological polar surface area (TPSA) is 40.6 Å². The van der Waals surface area contributed by atoms with Crippen molar-refractivity contribution in [1.82, 2.24) is 4.90 Å². The number of rotatable bonds is 2. The Bertz CT molecular complexity index is 927. The van der Waals surface area contributed by atoms with Crippen molar-refractivity contribution in [3.8, 4) is 0 Å². The first kappa shape index (κ1) is 17.8. The third kappa shape index (κ3) is 2.92. The lowest BCUT2D eigenvalue weighted by atomic mass is 9.92. The number of sulfonamides is 1. The van der Waals surface area contributed by atoms with Crippen molar-refractivity contribution in [3.63, 3.8) is 0 Å². The first-order chi connectivity index (χ1) is 12.4. The molecule has 4 rings (SSSR count). The highest BCUT2D eigenvalue weighted by Gasteiger charge is 2.40. The maximum atomic E-state index is 13.4. The average Bonchev–Trinajstić information content (AvgIpc) is 2.88. The van der Waals surface area contributed by atoms with Gasteiger partial charge in [0.05, 0.1) is 10.6 Å². The van der Waals surface area contributed by atoms with Gasteiger partial charge in [-0.15, -0.1) is 0 Å². The molecule has 4 nitrogen and oxygen atoms in total. The molecule has 2 aliphatic heterocycles. The molecule has 2 aromatic carbocycles. The third-order valence-electron chi connectivity index (χ3n) is 5.66. The molecule has 0 bridgehead atoms. The molecule has 1 saturated heterocycles. The molecule has 2 aromatic rings. The Morgan fingerprint density at radius 1 is 1.04 bits per heavy atom. The molecule has 6 heteroatoms. The van der Waals surface area contributed by atoms with Crippen LogP contribution < -0.4 is 4.31 Å². The van der Waals surface area contributed by atoms with Gasteiger partial charge in [0.15, 0.2) is 0 Å². The second kappa shape index (κ2) is 6.55. The van der Waals surface area contributed by atoms with E-state index < -0.39 is 10.0 Å². The van der Waals surface area contributed by atoms with Gasteiger partial charge < -0.3 is 0 Å². The van der Waals surface area contributed by atoms with Crippen molar-refractivity contribution in [2.75, 3.05) is 24.4 Å². The van der Waals surface area contributed by atoms with E-state index in [1.165, 1.54) is 0 Å². The van der Waals surface area contributed by atoms with Crippen LogP contribution in [0.3, 0.4) is 0 Å². The quantitative estimate of drug-likeness (QED) is 0.770. The fourth-order valence-corrected chi connectivity index (χ4v) is 5.99. The fraction of sp³-hybridized carbons (Fsp3) is 0.400. The van der Waals surface area contributed by atoms with Crippen molar-refractivity contribution in [2.24, 2.45) is 5.92 Å². The number of fused-ring (bicyclic) bond motifs is 3. The predicted molar refractivity (Wildman–Crippen MR) is 105 cm³/mol. The first-order valence-electron chi connectivity index (χ1n) is 8.97. The second-order valence-corrected chi connectivity index (χ2v) is 9.65. The van der Waals surface area contributed by atoms with Gasteiger partial charge in [-0.05, 0) is 75.2 Å². The Kier molecular flexibility index (Phi) is 4.49. The minimum Gasteiger partial charge on any atom is -0.299 e. The zero-order valence-electron chi connectivity index (χ0n) is 15.0. The van der Waals surface area contributed by atoms with Gasteiger partial charge in [-0.25, -0.2) is 8.42 Å². The number of hydrogen-bond donors (Lipinski definition) is 0. The summed E-state index contributed by atoms with van der Waals surface area (Å²) < 4.78 is 28.3. The highest BCUT2D eigenvalue weighted by molar-refractivity contribution is 7.92. The van der Waals surface area contributed by atoms with Crippen LogP contribution in [0, 0.1) is 12.8 Å². The SMILES string of the molecule is Cc1ccc(S(=O)(=O)N2CCC3CCN(C)C3c3cc(Cl)ccc32)cc1. The van der Waals surface area contributed by atoms with Crippen LogP contribution in [0.2, 0.25) is 5.02 Å². The van der Waals surface area contributed by atoms with Gasteiger partial charge in [-0.1, -0.05) is 29.3 Å². The van der Waals surface area contributed by atoms with Gasteiger partial charge in [-0.3, -0.25) is 9.21 Å². The highest BCUT2D eigenvalue weighted by Crippen LogP contribution is 2.46. The number of halogens is 1. The molecule has 2 atom stereocenters. The van der Waals surface area contributed by atoms with E-state index in [9.17, 15) is 8.42 Å². The van der Waals surface area contributed by atoms with Gasteiger partial charge in [0.2, 0.25) is 0 Å². The van der Waals surface area contributed by atoms with E-state index >= 15 is 0 Å². The van der Waals surface area contributed by atoms with Crippen molar-refractivity contribution in [3.05, 3.63) is 58.6 Å². The lowest BCUT2D eigenvalue weighted by Gasteiger charge is -2.27. The summed E-state index contributed by atoms with van der Waals surface area (Å²) in [5.74, 6) is 0.454. The number of likely N-dealkylation sites (tertiary alicyclic amines) is 1. The van der Waals surface area contributed by atoms with Crippen LogP contribution in [0.4, 0.5) is 5.69 Å². The van der Waals surface area contributed by atoms with E-state index in [0.717, 1.165) is 36.2 Å². The molecular formula is C20H23ClN2O2S. The minimum atomic E-state index is -3.61. The van der Waals surface area contributed by atoms with Crippen LogP contribution >= 0.6 is 11.6 Å². The van der Waals surface area contributed by atoms with Crippen LogP contribution in [0.1, 0.15) is 30.0 Å². The smallest absolute Gasteiger partial charge is 0.264 e. The number of anilines is 1. The summed E-state index contributed by atoms with van der Waals surface area (Å²) in [6.07, 6.45) is 1.94. The summed E-state index contributed by atoms with van der Waals surface area (Å²) in [5.41, 5.74) is 2.83. The Morgan fingerprint density at radius 3 is 2.46 bits per heavy atom. The van der Waals surface area contributed by atoms with Crippen LogP contribution in [0.5, 0.6) is 0 Å². The molecule has 0 radical (unpaired) electrons. The van der Waals surface area contributed by atoms with Gasteiger partial charge in [-0.2, -0.15) is 0 Å². The Morgan fingerprint density at radius 2 is 1.73 bits per heavy atom. The summed E-state index contributed by atoms with van der Waals surface area (Å²) in [5, 5.41) is 0.650. The van der Waals surface area contributed by atoms with E-state index in [-0.39, 0.29) is 6.04 Å². The fourth-order valence-electron chi connectivity index (χ4n) is 4.30. The van der Waals surface area contributed by atoms with Crippen molar-refractivity contribution in [2.45, 2.75) is 30.7 Å². The lowest BCUT2D eigenvalue weighted by molar-refractivity contribution is 0.276. The van der Waals surface area contributed by atoms with Crippen LogP contribution in [-0.4, -0.2) is 33.5 Å². The molecule has 138 valence electrons. The maximum absolute atomic E-state index is 13.4.